The number of likely N-dealkylation sites (tertiary alicyclic amines) is 1. The molecule has 1 aromatic rings. The summed E-state index contributed by atoms with van der Waals surface area (Å²) in [5, 5.41) is 3.65. The van der Waals surface area contributed by atoms with E-state index in [1.54, 1.807) is 0 Å². The van der Waals surface area contributed by atoms with E-state index < -0.39 is 0 Å². The molecule has 0 bridgehead atoms. The fraction of sp³-hybridized carbons (Fsp3) is 0.800. The Labute approximate surface area is 116 Å². The van der Waals surface area contributed by atoms with Gasteiger partial charge in [0.05, 0.1) is 0 Å². The molecule has 1 saturated carbocycles. The standard InChI is InChI=1S/C15H26N4/c1-2-18-10-5-8-14(12-18)19-11-9-16-15(19)17-13-6-3-4-7-13/h9,11,13-14H,2-8,10,12H2,1H3,(H,16,17). The smallest absolute Gasteiger partial charge is 0.203 e. The predicted molar refractivity (Wildman–Crippen MR) is 78.5 cm³/mol. The van der Waals surface area contributed by atoms with Crippen LogP contribution in [-0.4, -0.2) is 40.1 Å². The average molecular weight is 262 g/mol. The van der Waals surface area contributed by atoms with Gasteiger partial charge in [-0.2, -0.15) is 0 Å². The lowest BCUT2D eigenvalue weighted by Crippen LogP contribution is -2.36. The number of rotatable bonds is 4. The molecule has 106 valence electrons. The van der Waals surface area contributed by atoms with Crippen LogP contribution in [-0.2, 0) is 0 Å². The summed E-state index contributed by atoms with van der Waals surface area (Å²) in [5.74, 6) is 1.09. The summed E-state index contributed by atoms with van der Waals surface area (Å²) >= 11 is 0. The summed E-state index contributed by atoms with van der Waals surface area (Å²) < 4.78 is 2.38. The van der Waals surface area contributed by atoms with Crippen LogP contribution < -0.4 is 5.32 Å². The molecule has 0 radical (unpaired) electrons. The molecule has 0 aromatic carbocycles. The Bertz CT molecular complexity index is 395. The maximum absolute atomic E-state index is 4.54. The summed E-state index contributed by atoms with van der Waals surface area (Å²) in [6.07, 6.45) is 12.0. The van der Waals surface area contributed by atoms with Crippen LogP contribution in [0.25, 0.3) is 0 Å². The minimum absolute atomic E-state index is 0.597. The number of anilines is 1. The molecule has 4 nitrogen and oxygen atoms in total. The molecular formula is C15H26N4. The van der Waals surface area contributed by atoms with Crippen molar-refractivity contribution in [2.75, 3.05) is 25.0 Å². The molecule has 1 saturated heterocycles. The lowest BCUT2D eigenvalue weighted by Gasteiger charge is -2.33. The maximum Gasteiger partial charge on any atom is 0.203 e. The lowest BCUT2D eigenvalue weighted by atomic mass is 10.1. The molecule has 2 aliphatic rings. The number of hydrogen-bond acceptors (Lipinski definition) is 3. The molecule has 2 heterocycles. The Morgan fingerprint density at radius 2 is 2.11 bits per heavy atom. The van der Waals surface area contributed by atoms with Crippen molar-refractivity contribution in [3.63, 3.8) is 0 Å². The zero-order chi connectivity index (χ0) is 13.1. The highest BCUT2D eigenvalue weighted by atomic mass is 15.3. The van der Waals surface area contributed by atoms with E-state index in [0.29, 0.717) is 12.1 Å². The van der Waals surface area contributed by atoms with Crippen LogP contribution in [0.5, 0.6) is 0 Å². The molecule has 19 heavy (non-hydrogen) atoms. The van der Waals surface area contributed by atoms with Crippen LogP contribution in [0.1, 0.15) is 51.5 Å². The van der Waals surface area contributed by atoms with Crippen molar-refractivity contribution in [2.24, 2.45) is 0 Å². The Kier molecular flexibility index (Phi) is 4.06. The second kappa shape index (κ2) is 5.95. The predicted octanol–water partition coefficient (Wildman–Crippen LogP) is 2.89. The van der Waals surface area contributed by atoms with Crippen molar-refractivity contribution < 1.29 is 0 Å². The molecule has 0 spiro atoms. The summed E-state index contributed by atoms with van der Waals surface area (Å²) in [6, 6.07) is 1.24. The van der Waals surface area contributed by atoms with E-state index in [1.165, 1.54) is 51.6 Å². The maximum atomic E-state index is 4.54. The lowest BCUT2D eigenvalue weighted by molar-refractivity contribution is 0.186. The van der Waals surface area contributed by atoms with Crippen molar-refractivity contribution in [1.29, 1.82) is 0 Å². The molecule has 1 aliphatic carbocycles. The van der Waals surface area contributed by atoms with Crippen LogP contribution in [0.15, 0.2) is 12.4 Å². The van der Waals surface area contributed by atoms with Gasteiger partial charge < -0.3 is 14.8 Å². The largest absolute Gasteiger partial charge is 0.353 e. The van der Waals surface area contributed by atoms with Gasteiger partial charge >= 0.3 is 0 Å². The summed E-state index contributed by atoms with van der Waals surface area (Å²) in [4.78, 5) is 7.09. The molecule has 1 aliphatic heterocycles. The number of piperidine rings is 1. The van der Waals surface area contributed by atoms with Gasteiger partial charge in [-0.3, -0.25) is 0 Å². The van der Waals surface area contributed by atoms with Gasteiger partial charge in [0, 0.05) is 31.0 Å². The van der Waals surface area contributed by atoms with Crippen LogP contribution in [0.3, 0.4) is 0 Å². The minimum atomic E-state index is 0.597. The van der Waals surface area contributed by atoms with Gasteiger partial charge in [-0.15, -0.1) is 0 Å². The normalized spacial score (nSPS) is 25.8. The minimum Gasteiger partial charge on any atom is -0.353 e. The molecule has 1 unspecified atom stereocenters. The monoisotopic (exact) mass is 262 g/mol. The van der Waals surface area contributed by atoms with Gasteiger partial charge in [0.2, 0.25) is 5.95 Å². The van der Waals surface area contributed by atoms with Gasteiger partial charge in [-0.05, 0) is 38.8 Å². The first kappa shape index (κ1) is 13.0. The Hall–Kier alpha value is -1.03. The van der Waals surface area contributed by atoms with Crippen LogP contribution in [0.4, 0.5) is 5.95 Å². The van der Waals surface area contributed by atoms with Gasteiger partial charge in [0.25, 0.3) is 0 Å². The third kappa shape index (κ3) is 2.94. The first-order valence-corrected chi connectivity index (χ1v) is 7.88. The van der Waals surface area contributed by atoms with Gasteiger partial charge in [-0.1, -0.05) is 19.8 Å². The Morgan fingerprint density at radius 3 is 2.89 bits per heavy atom. The SMILES string of the molecule is CCN1CCCC(n2ccnc2NC2CCCC2)C1. The van der Waals surface area contributed by atoms with E-state index in [0.717, 1.165) is 12.5 Å². The Balaban J connectivity index is 1.68. The van der Waals surface area contributed by atoms with Crippen LogP contribution in [0, 0.1) is 0 Å². The van der Waals surface area contributed by atoms with Crippen LogP contribution >= 0.6 is 0 Å². The fourth-order valence-corrected chi connectivity index (χ4v) is 3.52. The topological polar surface area (TPSA) is 33.1 Å². The Morgan fingerprint density at radius 1 is 1.26 bits per heavy atom. The number of hydrogen-bond donors (Lipinski definition) is 1. The molecule has 0 amide bonds. The quantitative estimate of drug-likeness (QED) is 0.905. The number of imidazole rings is 1. The van der Waals surface area contributed by atoms with Crippen molar-refractivity contribution in [1.82, 2.24) is 14.5 Å². The van der Waals surface area contributed by atoms with Crippen molar-refractivity contribution in [2.45, 2.75) is 57.5 Å². The molecule has 4 heteroatoms. The van der Waals surface area contributed by atoms with Crippen molar-refractivity contribution in [3.05, 3.63) is 12.4 Å². The molecule has 1 atom stereocenters. The van der Waals surface area contributed by atoms with Gasteiger partial charge in [0.15, 0.2) is 0 Å². The van der Waals surface area contributed by atoms with Crippen LogP contribution in [0.2, 0.25) is 0 Å². The van der Waals surface area contributed by atoms with E-state index in [9.17, 15) is 0 Å². The van der Waals surface area contributed by atoms with Crippen molar-refractivity contribution >= 4 is 5.95 Å². The molecule has 2 fully saturated rings. The van der Waals surface area contributed by atoms with E-state index in [4.69, 9.17) is 0 Å². The van der Waals surface area contributed by atoms with E-state index in [1.807, 2.05) is 6.20 Å². The van der Waals surface area contributed by atoms with E-state index in [2.05, 4.69) is 32.9 Å². The summed E-state index contributed by atoms with van der Waals surface area (Å²) in [7, 11) is 0. The number of nitrogens with zero attached hydrogens (tertiary/aromatic N) is 3. The second-order valence-electron chi connectivity index (χ2n) is 5.97. The molecular weight excluding hydrogens is 236 g/mol. The van der Waals surface area contributed by atoms with E-state index in [-0.39, 0.29) is 0 Å². The number of likely N-dealkylation sites (N-methyl/N-ethyl adjacent to an activating group) is 1. The molecule has 3 rings (SSSR count). The first-order chi connectivity index (χ1) is 9.36. The highest BCUT2D eigenvalue weighted by Crippen LogP contribution is 2.27. The number of aromatic nitrogens is 2. The highest BCUT2D eigenvalue weighted by Gasteiger charge is 2.23. The molecule has 1 aromatic heterocycles. The van der Waals surface area contributed by atoms with E-state index >= 15 is 0 Å². The second-order valence-corrected chi connectivity index (χ2v) is 5.97. The summed E-state index contributed by atoms with van der Waals surface area (Å²) in [5.41, 5.74) is 0. The zero-order valence-corrected chi connectivity index (χ0v) is 12.0. The first-order valence-electron chi connectivity index (χ1n) is 7.88. The fourth-order valence-electron chi connectivity index (χ4n) is 3.52. The third-order valence-electron chi connectivity index (χ3n) is 4.68. The zero-order valence-electron chi connectivity index (χ0n) is 12.0. The van der Waals surface area contributed by atoms with Crippen molar-refractivity contribution in [3.8, 4) is 0 Å². The van der Waals surface area contributed by atoms with Gasteiger partial charge in [-0.25, -0.2) is 4.98 Å². The average Bonchev–Trinajstić information content (AvgIpc) is 3.11. The highest BCUT2D eigenvalue weighted by molar-refractivity contribution is 5.29. The van der Waals surface area contributed by atoms with Gasteiger partial charge in [0.1, 0.15) is 0 Å². The molecule has 1 N–H and O–H groups in total. The third-order valence-corrected chi connectivity index (χ3v) is 4.68. The number of nitrogens with one attached hydrogen (secondary N) is 1. The summed E-state index contributed by atoms with van der Waals surface area (Å²) in [6.45, 7) is 5.85.